The third-order valence-electron chi connectivity index (χ3n) is 4.65. The molecule has 2 unspecified atom stereocenters. The number of anilines is 1. The summed E-state index contributed by atoms with van der Waals surface area (Å²) in [7, 11) is 1.58. The molecule has 0 saturated heterocycles. The maximum atomic E-state index is 12.7. The Kier molecular flexibility index (Phi) is 5.10. The number of fused-ring (bicyclic) bond motifs is 3. The van der Waals surface area contributed by atoms with Gasteiger partial charge in [-0.05, 0) is 38.1 Å². The van der Waals surface area contributed by atoms with Crippen LogP contribution in [0.4, 0.5) is 11.4 Å². The monoisotopic (exact) mass is 408 g/mol. The van der Waals surface area contributed by atoms with Crippen LogP contribution in [0.25, 0.3) is 0 Å². The molecule has 148 valence electrons. The van der Waals surface area contributed by atoms with Crippen LogP contribution in [0.2, 0.25) is 0 Å². The summed E-state index contributed by atoms with van der Waals surface area (Å²) >= 11 is 1.23. The Morgan fingerprint density at radius 3 is 2.83 bits per heavy atom. The summed E-state index contributed by atoms with van der Waals surface area (Å²) in [5.74, 6) is 0.925. The Bertz CT molecular complexity index is 1050. The highest BCUT2D eigenvalue weighted by Crippen LogP contribution is 2.34. The molecular formula is C21H20N4O3S. The first kappa shape index (κ1) is 19.2. The van der Waals surface area contributed by atoms with Gasteiger partial charge >= 0.3 is 0 Å². The highest BCUT2D eigenvalue weighted by Gasteiger charge is 2.40. The van der Waals surface area contributed by atoms with Crippen molar-refractivity contribution < 1.29 is 14.3 Å². The molecule has 2 aliphatic rings. The van der Waals surface area contributed by atoms with E-state index in [0.717, 1.165) is 11.3 Å². The summed E-state index contributed by atoms with van der Waals surface area (Å²) in [6.45, 7) is 3.54. The summed E-state index contributed by atoms with van der Waals surface area (Å²) in [6, 6.07) is 14.3. The number of hydrogen-bond acceptors (Lipinski definition) is 6. The van der Waals surface area contributed by atoms with Crippen molar-refractivity contribution in [2.75, 3.05) is 12.4 Å². The zero-order chi connectivity index (χ0) is 20.5. The van der Waals surface area contributed by atoms with Crippen molar-refractivity contribution in [2.24, 2.45) is 9.98 Å². The zero-order valence-corrected chi connectivity index (χ0v) is 17.1. The maximum absolute atomic E-state index is 12.7. The van der Waals surface area contributed by atoms with Crippen molar-refractivity contribution in [3.8, 4) is 5.75 Å². The zero-order valence-electron chi connectivity index (χ0n) is 16.2. The average molecular weight is 408 g/mol. The van der Waals surface area contributed by atoms with Crippen molar-refractivity contribution in [3.05, 3.63) is 54.1 Å². The number of hydrogen-bond donors (Lipinski definition) is 1. The van der Waals surface area contributed by atoms with Crippen molar-refractivity contribution in [1.29, 1.82) is 0 Å². The van der Waals surface area contributed by atoms with Crippen LogP contribution in [0.3, 0.4) is 0 Å². The number of ether oxygens (including phenoxy) is 1. The number of nitrogens with zero attached hydrogens (tertiary/aromatic N) is 3. The minimum Gasteiger partial charge on any atom is -0.497 e. The first-order valence-electron chi connectivity index (χ1n) is 9.19. The van der Waals surface area contributed by atoms with Gasteiger partial charge in [0.25, 0.3) is 5.91 Å². The lowest BCUT2D eigenvalue weighted by Gasteiger charge is -2.26. The smallest absolute Gasteiger partial charge is 0.258 e. The van der Waals surface area contributed by atoms with Gasteiger partial charge < -0.3 is 10.1 Å². The Hall–Kier alpha value is -3.13. The van der Waals surface area contributed by atoms with Gasteiger partial charge in [-0.25, -0.2) is 9.89 Å². The van der Waals surface area contributed by atoms with Gasteiger partial charge in [0.05, 0.1) is 18.0 Å². The third kappa shape index (κ3) is 3.63. The molecule has 2 aliphatic heterocycles. The molecule has 0 aliphatic carbocycles. The number of rotatable bonds is 4. The van der Waals surface area contributed by atoms with Crippen LogP contribution in [0.1, 0.15) is 19.4 Å². The van der Waals surface area contributed by atoms with Crippen molar-refractivity contribution in [2.45, 2.75) is 25.1 Å². The van der Waals surface area contributed by atoms with Gasteiger partial charge in [0.2, 0.25) is 5.91 Å². The predicted octanol–water partition coefficient (Wildman–Crippen LogP) is 3.43. The van der Waals surface area contributed by atoms with E-state index in [0.29, 0.717) is 22.4 Å². The van der Waals surface area contributed by atoms with Gasteiger partial charge in [-0.1, -0.05) is 30.0 Å². The van der Waals surface area contributed by atoms with E-state index < -0.39 is 11.3 Å². The number of amides is 2. The van der Waals surface area contributed by atoms with Crippen LogP contribution in [0, 0.1) is 0 Å². The molecule has 4 rings (SSSR count). The second-order valence-corrected chi connectivity index (χ2v) is 8.00. The number of carbonyl (C=O) groups is 2. The van der Waals surface area contributed by atoms with E-state index in [2.05, 4.69) is 15.3 Å². The molecule has 0 spiro atoms. The first-order valence-corrected chi connectivity index (χ1v) is 10.1. The lowest BCUT2D eigenvalue weighted by molar-refractivity contribution is -0.124. The van der Waals surface area contributed by atoms with E-state index in [-0.39, 0.29) is 11.8 Å². The summed E-state index contributed by atoms with van der Waals surface area (Å²) < 4.78 is 5.19. The van der Waals surface area contributed by atoms with Crippen LogP contribution < -0.4 is 10.1 Å². The van der Waals surface area contributed by atoms with Gasteiger partial charge in [0.15, 0.2) is 5.17 Å². The Morgan fingerprint density at radius 2 is 2.03 bits per heavy atom. The molecule has 0 radical (unpaired) electrons. The van der Waals surface area contributed by atoms with Crippen LogP contribution >= 0.6 is 11.8 Å². The van der Waals surface area contributed by atoms with Crippen LogP contribution in [-0.2, 0) is 9.59 Å². The lowest BCUT2D eigenvalue weighted by atomic mass is 10.1. The quantitative estimate of drug-likeness (QED) is 0.840. The number of carbonyl (C=O) groups excluding carboxylic acids is 2. The molecule has 2 heterocycles. The molecule has 29 heavy (non-hydrogen) atoms. The number of nitrogens with one attached hydrogen (secondary N) is 1. The highest BCUT2D eigenvalue weighted by molar-refractivity contribution is 8.15. The van der Waals surface area contributed by atoms with Crippen molar-refractivity contribution in [1.82, 2.24) is 4.90 Å². The van der Waals surface area contributed by atoms with E-state index in [4.69, 9.17) is 4.74 Å². The number of amidine groups is 2. The largest absolute Gasteiger partial charge is 0.497 e. The average Bonchev–Trinajstić information content (AvgIpc) is 3.03. The fraction of sp³-hybridized carbons (Fsp3) is 0.238. The number of thioether (sulfide) groups is 1. The fourth-order valence-electron chi connectivity index (χ4n) is 3.11. The third-order valence-corrected chi connectivity index (χ3v) is 5.70. The normalized spacial score (nSPS) is 18.4. The molecule has 0 bridgehead atoms. The summed E-state index contributed by atoms with van der Waals surface area (Å²) in [4.78, 5) is 36.0. The summed E-state index contributed by atoms with van der Waals surface area (Å²) in [6.07, 6.45) is 0. The molecule has 0 saturated carbocycles. The van der Waals surface area contributed by atoms with Gasteiger partial charge in [0, 0.05) is 17.3 Å². The summed E-state index contributed by atoms with van der Waals surface area (Å²) in [5, 5.41) is 2.86. The van der Waals surface area contributed by atoms with E-state index in [1.54, 1.807) is 39.2 Å². The first-order chi connectivity index (χ1) is 14.0. The van der Waals surface area contributed by atoms with Crippen LogP contribution in [0.15, 0.2) is 58.5 Å². The van der Waals surface area contributed by atoms with E-state index in [1.807, 2.05) is 30.3 Å². The standard InChI is InChI=1S/C21H20N4O3S/c1-12-20(27)25-18(22-12)16-9-4-5-10-17(16)24-21(25)29-13(2)19(26)23-14-7-6-8-15(11-14)28-3/h4-13H,1-3H3,(H,23,26). The second kappa shape index (κ2) is 7.71. The molecule has 2 aromatic carbocycles. The number of benzene rings is 2. The molecule has 2 amide bonds. The van der Waals surface area contributed by atoms with E-state index in [1.165, 1.54) is 16.7 Å². The number of para-hydroxylation sites is 1. The summed E-state index contributed by atoms with van der Waals surface area (Å²) in [5.41, 5.74) is 2.21. The number of aliphatic imine (C=N–C) groups is 2. The molecule has 2 atom stereocenters. The van der Waals surface area contributed by atoms with E-state index in [9.17, 15) is 9.59 Å². The van der Waals surface area contributed by atoms with Crippen molar-refractivity contribution >= 4 is 46.0 Å². The molecule has 1 N–H and O–H groups in total. The van der Waals surface area contributed by atoms with Gasteiger partial charge in [-0.2, -0.15) is 0 Å². The molecular weight excluding hydrogens is 388 g/mol. The van der Waals surface area contributed by atoms with Crippen LogP contribution in [0.5, 0.6) is 5.75 Å². The van der Waals surface area contributed by atoms with Gasteiger partial charge in [-0.3, -0.25) is 14.6 Å². The predicted molar refractivity (Wildman–Crippen MR) is 115 cm³/mol. The minimum atomic E-state index is -0.477. The van der Waals surface area contributed by atoms with E-state index >= 15 is 0 Å². The van der Waals surface area contributed by atoms with Crippen molar-refractivity contribution in [3.63, 3.8) is 0 Å². The fourth-order valence-corrected chi connectivity index (χ4v) is 4.03. The SMILES string of the molecule is COc1cccc(NC(=O)C(C)SC2=Nc3ccccc3C3=NC(C)C(=O)N23)c1. The molecule has 0 aromatic heterocycles. The van der Waals surface area contributed by atoms with Gasteiger partial charge in [-0.15, -0.1) is 0 Å². The molecule has 8 heteroatoms. The Morgan fingerprint density at radius 1 is 1.24 bits per heavy atom. The number of methoxy groups -OCH3 is 1. The van der Waals surface area contributed by atoms with Crippen LogP contribution in [-0.4, -0.2) is 46.1 Å². The van der Waals surface area contributed by atoms with Gasteiger partial charge in [0.1, 0.15) is 17.6 Å². The highest BCUT2D eigenvalue weighted by atomic mass is 32.2. The minimum absolute atomic E-state index is 0.138. The molecule has 0 fully saturated rings. The molecule has 2 aromatic rings. The lowest BCUT2D eigenvalue weighted by Crippen LogP contribution is -2.41. The molecule has 7 nitrogen and oxygen atoms in total. The maximum Gasteiger partial charge on any atom is 0.258 e. The Balaban J connectivity index is 1.56. The topological polar surface area (TPSA) is 83.4 Å². The Labute approximate surface area is 172 Å². The second-order valence-electron chi connectivity index (χ2n) is 6.70.